The molecule has 0 radical (unpaired) electrons. The summed E-state index contributed by atoms with van der Waals surface area (Å²) < 4.78 is 13.9. The van der Waals surface area contributed by atoms with Gasteiger partial charge in [0.25, 0.3) is 5.91 Å². The molecule has 5 rings (SSSR count). The van der Waals surface area contributed by atoms with E-state index in [0.717, 1.165) is 38.4 Å². The fraction of sp³-hybridized carbons (Fsp3) is 0.524. The number of rotatable bonds is 4. The van der Waals surface area contributed by atoms with Crippen LogP contribution in [0.4, 0.5) is 0 Å². The number of amides is 1. The number of benzene rings is 1. The van der Waals surface area contributed by atoms with Crippen LogP contribution in [0.5, 0.6) is 11.5 Å². The van der Waals surface area contributed by atoms with E-state index in [4.69, 9.17) is 9.47 Å². The Morgan fingerprint density at radius 1 is 1.11 bits per heavy atom. The van der Waals surface area contributed by atoms with Gasteiger partial charge in [0.05, 0.1) is 0 Å². The summed E-state index contributed by atoms with van der Waals surface area (Å²) in [6, 6.07) is 7.51. The zero-order valence-electron chi connectivity index (χ0n) is 15.4. The topological polar surface area (TPSA) is 56.6 Å². The smallest absolute Gasteiger partial charge is 0.267 e. The van der Waals surface area contributed by atoms with Gasteiger partial charge in [0.15, 0.2) is 11.5 Å². The molecule has 2 aromatic rings. The molecule has 6 heteroatoms. The van der Waals surface area contributed by atoms with E-state index in [9.17, 15) is 4.79 Å². The number of ether oxygens (including phenoxy) is 2. The standard InChI is InChI=1S/C21H25N3O3/c25-21(19-14-26-17-3-1-2-4-18(17)27-19)23-10-7-16(8-11-23)20-22-9-12-24(20)13-15-5-6-15/h1-4,9,12,15-16,19H,5-8,10-11,13-14H2/t19-/m1/s1. The fourth-order valence-corrected chi connectivity index (χ4v) is 4.12. The molecule has 0 N–H and O–H groups in total. The number of para-hydroxylation sites is 2. The second-order valence-electron chi connectivity index (χ2n) is 7.84. The van der Waals surface area contributed by atoms with Gasteiger partial charge in [-0.1, -0.05) is 12.1 Å². The highest BCUT2D eigenvalue weighted by molar-refractivity contribution is 5.82. The highest BCUT2D eigenvalue weighted by Gasteiger charge is 2.34. The molecule has 0 bridgehead atoms. The SMILES string of the molecule is O=C([C@H]1COc2ccccc2O1)N1CCC(c2nccn2CC2CC2)CC1. The maximum Gasteiger partial charge on any atom is 0.267 e. The van der Waals surface area contributed by atoms with Crippen LogP contribution in [0.2, 0.25) is 0 Å². The number of fused-ring (bicyclic) bond motifs is 1. The summed E-state index contributed by atoms with van der Waals surface area (Å²) in [4.78, 5) is 19.4. The van der Waals surface area contributed by atoms with Crippen molar-refractivity contribution in [3.63, 3.8) is 0 Å². The zero-order chi connectivity index (χ0) is 18.2. The molecule has 2 fully saturated rings. The van der Waals surface area contributed by atoms with E-state index in [1.54, 1.807) is 0 Å². The van der Waals surface area contributed by atoms with Crippen LogP contribution in [0.25, 0.3) is 0 Å². The second-order valence-corrected chi connectivity index (χ2v) is 7.84. The van der Waals surface area contributed by atoms with Crippen molar-refractivity contribution >= 4 is 5.91 Å². The average Bonchev–Trinajstić information content (AvgIpc) is 3.42. The molecule has 1 aromatic carbocycles. The van der Waals surface area contributed by atoms with Gasteiger partial charge in [-0.25, -0.2) is 4.98 Å². The van der Waals surface area contributed by atoms with Crippen molar-refractivity contribution in [2.75, 3.05) is 19.7 Å². The summed E-state index contributed by atoms with van der Waals surface area (Å²) in [5, 5.41) is 0. The largest absolute Gasteiger partial charge is 0.485 e. The Balaban J connectivity index is 1.19. The first-order valence-electron chi connectivity index (χ1n) is 9.96. The van der Waals surface area contributed by atoms with Crippen molar-refractivity contribution in [3.8, 4) is 11.5 Å². The van der Waals surface area contributed by atoms with Crippen molar-refractivity contribution in [3.05, 3.63) is 42.5 Å². The third kappa shape index (κ3) is 3.40. The van der Waals surface area contributed by atoms with E-state index in [2.05, 4.69) is 15.7 Å². The summed E-state index contributed by atoms with van der Waals surface area (Å²) in [5.41, 5.74) is 0. The van der Waals surface area contributed by atoms with Crippen LogP contribution in [0, 0.1) is 5.92 Å². The Morgan fingerprint density at radius 3 is 2.67 bits per heavy atom. The van der Waals surface area contributed by atoms with Crippen LogP contribution >= 0.6 is 0 Å². The first-order valence-corrected chi connectivity index (χ1v) is 9.96. The molecular weight excluding hydrogens is 342 g/mol. The van der Waals surface area contributed by atoms with Crippen molar-refractivity contribution < 1.29 is 14.3 Å². The summed E-state index contributed by atoms with van der Waals surface area (Å²) >= 11 is 0. The summed E-state index contributed by atoms with van der Waals surface area (Å²) in [6.07, 6.45) is 8.08. The van der Waals surface area contributed by atoms with Crippen molar-refractivity contribution in [1.82, 2.24) is 14.5 Å². The van der Waals surface area contributed by atoms with Crippen LogP contribution in [-0.2, 0) is 11.3 Å². The Kier molecular flexibility index (Phi) is 4.26. The van der Waals surface area contributed by atoms with Crippen LogP contribution in [0.3, 0.4) is 0 Å². The van der Waals surface area contributed by atoms with Gasteiger partial charge in [0, 0.05) is 37.9 Å². The molecule has 0 unspecified atom stereocenters. The number of imidazole rings is 1. The summed E-state index contributed by atoms with van der Waals surface area (Å²) in [5.74, 6) is 3.87. The van der Waals surface area contributed by atoms with E-state index in [1.165, 1.54) is 18.7 Å². The minimum Gasteiger partial charge on any atom is -0.485 e. The monoisotopic (exact) mass is 367 g/mol. The molecule has 1 amide bonds. The number of hydrogen-bond donors (Lipinski definition) is 0. The van der Waals surface area contributed by atoms with Gasteiger partial charge in [0.2, 0.25) is 6.10 Å². The molecule has 0 spiro atoms. The minimum atomic E-state index is -0.548. The highest BCUT2D eigenvalue weighted by Crippen LogP contribution is 2.34. The molecule has 1 aliphatic carbocycles. The van der Waals surface area contributed by atoms with Crippen LogP contribution in [0.1, 0.15) is 37.4 Å². The molecular formula is C21H25N3O3. The Hall–Kier alpha value is -2.50. The van der Waals surface area contributed by atoms with Crippen LogP contribution in [-0.4, -0.2) is 46.2 Å². The Bertz CT molecular complexity index is 822. The van der Waals surface area contributed by atoms with Gasteiger partial charge in [-0.3, -0.25) is 4.79 Å². The minimum absolute atomic E-state index is 0.0317. The van der Waals surface area contributed by atoms with Crippen molar-refractivity contribution in [2.24, 2.45) is 5.92 Å². The lowest BCUT2D eigenvalue weighted by molar-refractivity contribution is -0.142. The molecule has 1 saturated carbocycles. The predicted molar refractivity (Wildman–Crippen MR) is 99.9 cm³/mol. The first kappa shape index (κ1) is 16.7. The number of hydrogen-bond acceptors (Lipinski definition) is 4. The lowest BCUT2D eigenvalue weighted by atomic mass is 9.95. The molecule has 1 atom stereocenters. The normalized spacial score (nSPS) is 22.7. The summed E-state index contributed by atoms with van der Waals surface area (Å²) in [6.45, 7) is 2.88. The molecule has 1 aromatic heterocycles. The maximum atomic E-state index is 12.9. The number of piperidine rings is 1. The predicted octanol–water partition coefficient (Wildman–Crippen LogP) is 2.84. The molecule has 2 aliphatic heterocycles. The average molecular weight is 367 g/mol. The number of aromatic nitrogens is 2. The lowest BCUT2D eigenvalue weighted by Crippen LogP contribution is -2.49. The van der Waals surface area contributed by atoms with Crippen LogP contribution in [0.15, 0.2) is 36.7 Å². The third-order valence-corrected chi connectivity index (χ3v) is 5.86. The number of nitrogens with zero attached hydrogens (tertiary/aromatic N) is 3. The van der Waals surface area contributed by atoms with E-state index >= 15 is 0 Å². The summed E-state index contributed by atoms with van der Waals surface area (Å²) in [7, 11) is 0. The van der Waals surface area contributed by atoms with Gasteiger partial charge in [0.1, 0.15) is 12.4 Å². The van der Waals surface area contributed by atoms with Gasteiger partial charge in [-0.05, 0) is 43.7 Å². The highest BCUT2D eigenvalue weighted by atomic mass is 16.6. The first-order chi connectivity index (χ1) is 13.3. The molecule has 142 valence electrons. The lowest BCUT2D eigenvalue weighted by Gasteiger charge is -2.35. The zero-order valence-corrected chi connectivity index (χ0v) is 15.4. The van der Waals surface area contributed by atoms with Gasteiger partial charge in [-0.15, -0.1) is 0 Å². The van der Waals surface area contributed by atoms with Crippen LogP contribution < -0.4 is 9.47 Å². The number of carbonyl (C=O) groups excluding carboxylic acids is 1. The molecule has 27 heavy (non-hydrogen) atoms. The van der Waals surface area contributed by atoms with Gasteiger partial charge in [-0.2, -0.15) is 0 Å². The third-order valence-electron chi connectivity index (χ3n) is 5.86. The van der Waals surface area contributed by atoms with E-state index < -0.39 is 6.10 Å². The van der Waals surface area contributed by atoms with Gasteiger partial charge < -0.3 is 18.9 Å². The Morgan fingerprint density at radius 2 is 1.89 bits per heavy atom. The quantitative estimate of drug-likeness (QED) is 0.834. The molecule has 1 saturated heterocycles. The molecule has 3 heterocycles. The second kappa shape index (κ2) is 6.91. The number of likely N-dealkylation sites (tertiary alicyclic amines) is 1. The maximum absolute atomic E-state index is 12.9. The number of carbonyl (C=O) groups is 1. The van der Waals surface area contributed by atoms with Crippen molar-refractivity contribution in [2.45, 2.75) is 44.2 Å². The van der Waals surface area contributed by atoms with E-state index in [1.807, 2.05) is 35.4 Å². The van der Waals surface area contributed by atoms with E-state index in [-0.39, 0.29) is 12.5 Å². The van der Waals surface area contributed by atoms with Gasteiger partial charge >= 0.3 is 0 Å². The molecule has 6 nitrogen and oxygen atoms in total. The van der Waals surface area contributed by atoms with E-state index in [0.29, 0.717) is 17.4 Å². The van der Waals surface area contributed by atoms with Crippen molar-refractivity contribution in [1.29, 1.82) is 0 Å². The Labute approximate surface area is 159 Å². The molecule has 3 aliphatic rings. The fourth-order valence-electron chi connectivity index (χ4n) is 4.12.